The van der Waals surface area contributed by atoms with E-state index in [1.54, 1.807) is 16.8 Å². The van der Waals surface area contributed by atoms with Crippen LogP contribution in [0.3, 0.4) is 0 Å². The molecule has 6 nitrogen and oxygen atoms in total. The van der Waals surface area contributed by atoms with Crippen LogP contribution in [0.5, 0.6) is 5.75 Å². The number of anilines is 1. The number of rotatable bonds is 3. The number of hydrogen-bond acceptors (Lipinski definition) is 5. The Bertz CT molecular complexity index is 595. The van der Waals surface area contributed by atoms with Gasteiger partial charge in [-0.25, -0.2) is 0 Å². The molecule has 1 heterocycles. The molecule has 7 heteroatoms. The average Bonchev–Trinajstić information content (AvgIpc) is 2.85. The van der Waals surface area contributed by atoms with E-state index in [2.05, 4.69) is 5.32 Å². The Balaban J connectivity index is 2.34. The molecule has 0 atom stereocenters. The molecule has 0 saturated carbocycles. The standard InChI is InChI=1S/C11H8N2O4S/c14-9-3-1-2-8(13(16)17)10(9)12-11(15)7-4-5-18-6-7/h1-6,14H,(H,12,15). The first kappa shape index (κ1) is 12.1. The molecule has 0 bridgehead atoms. The summed E-state index contributed by atoms with van der Waals surface area (Å²) in [5.74, 6) is -0.839. The smallest absolute Gasteiger partial charge is 0.296 e. The van der Waals surface area contributed by atoms with Crippen molar-refractivity contribution in [2.75, 3.05) is 5.32 Å². The van der Waals surface area contributed by atoms with Gasteiger partial charge in [0.15, 0.2) is 5.69 Å². The maximum absolute atomic E-state index is 11.8. The zero-order chi connectivity index (χ0) is 13.1. The normalized spacial score (nSPS) is 10.0. The van der Waals surface area contributed by atoms with Gasteiger partial charge in [0.25, 0.3) is 11.6 Å². The number of carbonyl (C=O) groups is 1. The maximum atomic E-state index is 11.8. The fraction of sp³-hybridized carbons (Fsp3) is 0. The minimum atomic E-state index is -0.664. The minimum Gasteiger partial charge on any atom is -0.505 e. The van der Waals surface area contributed by atoms with E-state index in [1.165, 1.54) is 29.5 Å². The fourth-order valence-electron chi connectivity index (χ4n) is 1.39. The number of phenolic OH excluding ortho intramolecular Hbond substituents is 1. The van der Waals surface area contributed by atoms with Crippen molar-refractivity contribution >= 4 is 28.6 Å². The van der Waals surface area contributed by atoms with Gasteiger partial charge in [-0.05, 0) is 17.5 Å². The van der Waals surface area contributed by atoms with E-state index in [-0.39, 0.29) is 17.1 Å². The lowest BCUT2D eigenvalue weighted by Gasteiger charge is -2.06. The topological polar surface area (TPSA) is 92.5 Å². The fourth-order valence-corrected chi connectivity index (χ4v) is 2.02. The van der Waals surface area contributed by atoms with Crippen LogP contribution in [0, 0.1) is 10.1 Å². The third kappa shape index (κ3) is 2.30. The summed E-state index contributed by atoms with van der Waals surface area (Å²) in [7, 11) is 0. The van der Waals surface area contributed by atoms with Crippen LogP contribution in [0.2, 0.25) is 0 Å². The molecule has 0 saturated heterocycles. The van der Waals surface area contributed by atoms with Crippen molar-refractivity contribution in [3.8, 4) is 5.75 Å². The summed E-state index contributed by atoms with van der Waals surface area (Å²) in [6, 6.07) is 5.42. The molecular weight excluding hydrogens is 256 g/mol. The summed E-state index contributed by atoms with van der Waals surface area (Å²) >= 11 is 1.34. The Kier molecular flexibility index (Phi) is 3.24. The van der Waals surface area contributed by atoms with Crippen molar-refractivity contribution in [1.82, 2.24) is 0 Å². The zero-order valence-electron chi connectivity index (χ0n) is 8.99. The van der Waals surface area contributed by atoms with Crippen LogP contribution in [0.1, 0.15) is 10.4 Å². The Morgan fingerprint density at radius 1 is 1.39 bits per heavy atom. The summed E-state index contributed by atoms with van der Waals surface area (Å²) in [6.07, 6.45) is 0. The van der Waals surface area contributed by atoms with E-state index >= 15 is 0 Å². The van der Waals surface area contributed by atoms with Gasteiger partial charge in [0.1, 0.15) is 5.75 Å². The molecule has 0 aliphatic carbocycles. The second-order valence-corrected chi connectivity index (χ2v) is 4.17. The molecule has 0 radical (unpaired) electrons. The van der Waals surface area contributed by atoms with Crippen molar-refractivity contribution in [2.24, 2.45) is 0 Å². The number of benzene rings is 1. The van der Waals surface area contributed by atoms with E-state index in [1.807, 2.05) is 0 Å². The monoisotopic (exact) mass is 264 g/mol. The number of para-hydroxylation sites is 1. The maximum Gasteiger partial charge on any atom is 0.296 e. The predicted octanol–water partition coefficient (Wildman–Crippen LogP) is 2.61. The van der Waals surface area contributed by atoms with Crippen LogP contribution >= 0.6 is 11.3 Å². The summed E-state index contributed by atoms with van der Waals surface area (Å²) < 4.78 is 0. The first-order chi connectivity index (χ1) is 8.59. The molecule has 2 N–H and O–H groups in total. The summed E-state index contributed by atoms with van der Waals surface area (Å²) in [6.45, 7) is 0. The van der Waals surface area contributed by atoms with Crippen LogP contribution in [-0.4, -0.2) is 15.9 Å². The van der Waals surface area contributed by atoms with Gasteiger partial charge in [-0.3, -0.25) is 14.9 Å². The molecule has 0 aliphatic rings. The molecule has 92 valence electrons. The van der Waals surface area contributed by atoms with Gasteiger partial charge in [-0.15, -0.1) is 0 Å². The molecule has 0 spiro atoms. The third-order valence-electron chi connectivity index (χ3n) is 2.24. The number of thiophene rings is 1. The van der Waals surface area contributed by atoms with Crippen molar-refractivity contribution in [1.29, 1.82) is 0 Å². The van der Waals surface area contributed by atoms with Crippen LogP contribution in [0.25, 0.3) is 0 Å². The van der Waals surface area contributed by atoms with Gasteiger partial charge in [-0.1, -0.05) is 6.07 Å². The Morgan fingerprint density at radius 2 is 2.17 bits per heavy atom. The summed E-state index contributed by atoms with van der Waals surface area (Å²) in [4.78, 5) is 21.9. The molecule has 1 aromatic carbocycles. The molecule has 0 unspecified atom stereocenters. The number of aromatic hydroxyl groups is 1. The van der Waals surface area contributed by atoms with Crippen molar-refractivity contribution in [2.45, 2.75) is 0 Å². The highest BCUT2D eigenvalue weighted by Gasteiger charge is 2.20. The number of nitro benzene ring substituents is 1. The SMILES string of the molecule is O=C(Nc1c(O)cccc1[N+](=O)[O-])c1ccsc1. The highest BCUT2D eigenvalue weighted by atomic mass is 32.1. The Labute approximate surface area is 106 Å². The first-order valence-electron chi connectivity index (χ1n) is 4.89. The molecular formula is C11H8N2O4S. The summed E-state index contributed by atoms with van der Waals surface area (Å²) in [5, 5.41) is 26.0. The van der Waals surface area contributed by atoms with E-state index in [9.17, 15) is 20.0 Å². The molecule has 1 amide bonds. The number of hydrogen-bond donors (Lipinski definition) is 2. The lowest BCUT2D eigenvalue weighted by Crippen LogP contribution is -2.12. The van der Waals surface area contributed by atoms with Gasteiger partial charge in [0.05, 0.1) is 10.5 Å². The van der Waals surface area contributed by atoms with Crippen molar-refractivity contribution in [3.63, 3.8) is 0 Å². The van der Waals surface area contributed by atoms with E-state index in [0.717, 1.165) is 0 Å². The Morgan fingerprint density at radius 3 is 2.78 bits per heavy atom. The number of nitrogens with one attached hydrogen (secondary N) is 1. The predicted molar refractivity (Wildman–Crippen MR) is 67.0 cm³/mol. The van der Waals surface area contributed by atoms with E-state index in [0.29, 0.717) is 5.56 Å². The van der Waals surface area contributed by atoms with Crippen LogP contribution in [0.15, 0.2) is 35.0 Å². The molecule has 1 aromatic heterocycles. The molecule has 2 aromatic rings. The van der Waals surface area contributed by atoms with Crippen molar-refractivity contribution < 1.29 is 14.8 Å². The van der Waals surface area contributed by atoms with Crippen LogP contribution in [-0.2, 0) is 0 Å². The quantitative estimate of drug-likeness (QED) is 0.506. The van der Waals surface area contributed by atoms with Crippen molar-refractivity contribution in [3.05, 3.63) is 50.7 Å². The molecule has 0 aliphatic heterocycles. The highest BCUT2D eigenvalue weighted by molar-refractivity contribution is 7.08. The van der Waals surface area contributed by atoms with Gasteiger partial charge in [0.2, 0.25) is 0 Å². The molecule has 18 heavy (non-hydrogen) atoms. The number of phenols is 1. The molecule has 2 rings (SSSR count). The van der Waals surface area contributed by atoms with Gasteiger partial charge < -0.3 is 10.4 Å². The second kappa shape index (κ2) is 4.84. The summed E-state index contributed by atoms with van der Waals surface area (Å²) in [5.41, 5.74) is -0.158. The molecule has 0 fully saturated rings. The average molecular weight is 264 g/mol. The van der Waals surface area contributed by atoms with Gasteiger partial charge in [0, 0.05) is 11.4 Å². The lowest BCUT2D eigenvalue weighted by atomic mass is 10.2. The van der Waals surface area contributed by atoms with E-state index in [4.69, 9.17) is 0 Å². The second-order valence-electron chi connectivity index (χ2n) is 3.39. The third-order valence-corrected chi connectivity index (χ3v) is 2.92. The largest absolute Gasteiger partial charge is 0.505 e. The number of nitro groups is 1. The van der Waals surface area contributed by atoms with Gasteiger partial charge >= 0.3 is 0 Å². The van der Waals surface area contributed by atoms with E-state index < -0.39 is 10.8 Å². The minimum absolute atomic E-state index is 0.196. The number of nitrogens with zero attached hydrogens (tertiary/aromatic N) is 1. The van der Waals surface area contributed by atoms with Crippen LogP contribution < -0.4 is 5.32 Å². The highest BCUT2D eigenvalue weighted by Crippen LogP contribution is 2.33. The number of carbonyl (C=O) groups excluding carboxylic acids is 1. The number of amides is 1. The van der Waals surface area contributed by atoms with Crippen LogP contribution in [0.4, 0.5) is 11.4 Å². The Hall–Kier alpha value is -2.41. The van der Waals surface area contributed by atoms with Gasteiger partial charge in [-0.2, -0.15) is 11.3 Å². The first-order valence-corrected chi connectivity index (χ1v) is 5.84. The lowest BCUT2D eigenvalue weighted by molar-refractivity contribution is -0.384. The zero-order valence-corrected chi connectivity index (χ0v) is 9.81.